The summed E-state index contributed by atoms with van der Waals surface area (Å²) in [4.78, 5) is 23.8. The van der Waals surface area contributed by atoms with Crippen molar-refractivity contribution in [2.24, 2.45) is 11.8 Å². The highest BCUT2D eigenvalue weighted by Crippen LogP contribution is 2.12. The van der Waals surface area contributed by atoms with Gasteiger partial charge in [-0.1, -0.05) is 37.3 Å². The van der Waals surface area contributed by atoms with Crippen LogP contribution in [0.3, 0.4) is 0 Å². The minimum absolute atomic E-state index is 0.139. The number of ether oxygens (including phenoxy) is 1. The van der Waals surface area contributed by atoms with E-state index in [1.165, 1.54) is 0 Å². The van der Waals surface area contributed by atoms with Crippen LogP contribution in [0.1, 0.15) is 26.0 Å². The molecule has 0 aliphatic rings. The van der Waals surface area contributed by atoms with Gasteiger partial charge in [0.1, 0.15) is 24.0 Å². The van der Waals surface area contributed by atoms with Gasteiger partial charge in [0, 0.05) is 6.54 Å². The largest absolute Gasteiger partial charge is 0.487 e. The number of hydroxylamine groups is 1. The van der Waals surface area contributed by atoms with Crippen LogP contribution in [0.25, 0.3) is 0 Å². The molecule has 2 aromatic rings. The molecule has 0 fully saturated rings. The third-order valence-electron chi connectivity index (χ3n) is 3.81. The Hall–Kier alpha value is -2.94. The van der Waals surface area contributed by atoms with E-state index < -0.39 is 17.7 Å². The summed E-state index contributed by atoms with van der Waals surface area (Å²) in [7, 11) is 0. The topological polar surface area (TPSA) is 118 Å². The second kappa shape index (κ2) is 10.3. The summed E-state index contributed by atoms with van der Waals surface area (Å²) in [5.41, 5.74) is 2.22. The Balaban J connectivity index is 1.78. The predicted molar refractivity (Wildman–Crippen MR) is 96.7 cm³/mol. The Kier molecular flexibility index (Phi) is 7.75. The van der Waals surface area contributed by atoms with E-state index in [0.29, 0.717) is 25.3 Å². The van der Waals surface area contributed by atoms with Gasteiger partial charge in [0.05, 0.1) is 12.7 Å². The van der Waals surface area contributed by atoms with Gasteiger partial charge in [-0.3, -0.25) is 19.5 Å². The van der Waals surface area contributed by atoms with E-state index >= 15 is 0 Å². The lowest BCUT2D eigenvalue weighted by atomic mass is 9.95. The van der Waals surface area contributed by atoms with Crippen molar-refractivity contribution in [3.8, 4) is 5.75 Å². The molecule has 1 unspecified atom stereocenters. The van der Waals surface area contributed by atoms with Gasteiger partial charge < -0.3 is 10.1 Å². The van der Waals surface area contributed by atoms with Crippen LogP contribution in [0, 0.1) is 11.8 Å². The van der Waals surface area contributed by atoms with Gasteiger partial charge in [-0.25, -0.2) is 5.48 Å². The first-order valence-electron chi connectivity index (χ1n) is 8.78. The van der Waals surface area contributed by atoms with Crippen molar-refractivity contribution >= 4 is 11.8 Å². The maximum absolute atomic E-state index is 12.2. The fourth-order valence-corrected chi connectivity index (χ4v) is 2.49. The van der Waals surface area contributed by atoms with Gasteiger partial charge in [0.2, 0.25) is 5.91 Å². The first kappa shape index (κ1) is 20.4. The normalized spacial score (nSPS) is 11.9. The standard InChI is InChI=1S/C18H25N5O4/c1-13(2)10-16(18(25)21-26)17(24)19-8-9-23-11-14(20-22-23)12-27-15-6-4-3-5-7-15/h3-7,11,13,16,26H,8-10,12H2,1-2H3,(H,19,24)(H,21,25). The Labute approximate surface area is 157 Å². The molecule has 2 rings (SSSR count). The van der Waals surface area contributed by atoms with Gasteiger partial charge >= 0.3 is 0 Å². The molecular weight excluding hydrogens is 350 g/mol. The smallest absolute Gasteiger partial charge is 0.255 e. The number of carbonyl (C=O) groups is 2. The number of para-hydroxylation sites is 1. The fraction of sp³-hybridized carbons (Fsp3) is 0.444. The van der Waals surface area contributed by atoms with E-state index in [1.54, 1.807) is 16.4 Å². The van der Waals surface area contributed by atoms with E-state index in [1.807, 2.05) is 44.2 Å². The minimum Gasteiger partial charge on any atom is -0.487 e. The first-order chi connectivity index (χ1) is 13.0. The highest BCUT2D eigenvalue weighted by molar-refractivity contribution is 5.99. The molecule has 9 heteroatoms. The molecule has 146 valence electrons. The zero-order valence-corrected chi connectivity index (χ0v) is 15.5. The molecule has 1 aromatic heterocycles. The molecule has 1 heterocycles. The van der Waals surface area contributed by atoms with Crippen LogP contribution in [-0.2, 0) is 22.7 Å². The molecule has 27 heavy (non-hydrogen) atoms. The van der Waals surface area contributed by atoms with Crippen LogP contribution in [-0.4, -0.2) is 38.6 Å². The van der Waals surface area contributed by atoms with Crippen molar-refractivity contribution < 1.29 is 19.5 Å². The summed E-state index contributed by atoms with van der Waals surface area (Å²) in [6, 6.07) is 9.40. The molecule has 9 nitrogen and oxygen atoms in total. The number of aromatic nitrogens is 3. The molecular formula is C18H25N5O4. The summed E-state index contributed by atoms with van der Waals surface area (Å²) in [5, 5.41) is 19.5. The van der Waals surface area contributed by atoms with Crippen LogP contribution >= 0.6 is 0 Å². The molecule has 0 radical (unpaired) electrons. The van der Waals surface area contributed by atoms with Crippen LogP contribution < -0.4 is 15.5 Å². The minimum atomic E-state index is -0.930. The Morgan fingerprint density at radius 2 is 1.96 bits per heavy atom. The van der Waals surface area contributed by atoms with Crippen LogP contribution in [0.15, 0.2) is 36.5 Å². The lowest BCUT2D eigenvalue weighted by molar-refractivity contribution is -0.141. The Morgan fingerprint density at radius 1 is 1.22 bits per heavy atom. The Bertz CT molecular complexity index is 732. The maximum Gasteiger partial charge on any atom is 0.255 e. The van der Waals surface area contributed by atoms with Crippen molar-refractivity contribution in [2.45, 2.75) is 33.4 Å². The average Bonchev–Trinajstić information content (AvgIpc) is 3.12. The number of nitrogens with zero attached hydrogens (tertiary/aromatic N) is 3. The van der Waals surface area contributed by atoms with Gasteiger partial charge in [-0.05, 0) is 24.5 Å². The number of carbonyl (C=O) groups excluding carboxylic acids is 2. The van der Waals surface area contributed by atoms with E-state index in [-0.39, 0.29) is 12.5 Å². The number of nitrogens with one attached hydrogen (secondary N) is 2. The van der Waals surface area contributed by atoms with Gasteiger partial charge in [0.15, 0.2) is 0 Å². The molecule has 1 aromatic carbocycles. The average molecular weight is 375 g/mol. The van der Waals surface area contributed by atoms with Gasteiger partial charge in [0.25, 0.3) is 5.91 Å². The van der Waals surface area contributed by atoms with E-state index in [4.69, 9.17) is 9.94 Å². The molecule has 0 spiro atoms. The van der Waals surface area contributed by atoms with Gasteiger partial charge in [-0.15, -0.1) is 5.10 Å². The van der Waals surface area contributed by atoms with E-state index in [0.717, 1.165) is 5.75 Å². The predicted octanol–water partition coefficient (Wildman–Crippen LogP) is 1.14. The second-order valence-electron chi connectivity index (χ2n) is 6.52. The summed E-state index contributed by atoms with van der Waals surface area (Å²) in [6.07, 6.45) is 2.09. The number of rotatable bonds is 10. The third kappa shape index (κ3) is 6.70. The monoisotopic (exact) mass is 375 g/mol. The number of hydrogen-bond acceptors (Lipinski definition) is 6. The summed E-state index contributed by atoms with van der Waals surface area (Å²) >= 11 is 0. The maximum atomic E-state index is 12.2. The van der Waals surface area contributed by atoms with E-state index in [2.05, 4.69) is 15.6 Å². The third-order valence-corrected chi connectivity index (χ3v) is 3.81. The summed E-state index contributed by atoms with van der Waals surface area (Å²) in [5.74, 6) is -1.18. The van der Waals surface area contributed by atoms with Crippen molar-refractivity contribution in [1.82, 2.24) is 25.8 Å². The highest BCUT2D eigenvalue weighted by atomic mass is 16.5. The quantitative estimate of drug-likeness (QED) is 0.326. The van der Waals surface area contributed by atoms with Gasteiger partial charge in [-0.2, -0.15) is 0 Å². The summed E-state index contributed by atoms with van der Waals surface area (Å²) < 4.78 is 7.19. The van der Waals surface area contributed by atoms with Crippen molar-refractivity contribution in [2.75, 3.05) is 6.54 Å². The number of benzene rings is 1. The lowest BCUT2D eigenvalue weighted by Crippen LogP contribution is -2.42. The van der Waals surface area contributed by atoms with E-state index in [9.17, 15) is 9.59 Å². The second-order valence-corrected chi connectivity index (χ2v) is 6.52. The molecule has 0 aliphatic heterocycles. The molecule has 2 amide bonds. The SMILES string of the molecule is CC(C)CC(C(=O)NO)C(=O)NCCn1cc(COc2ccccc2)nn1. The number of amides is 2. The number of hydrogen-bond donors (Lipinski definition) is 3. The van der Waals surface area contributed by atoms with Crippen LogP contribution in [0.2, 0.25) is 0 Å². The van der Waals surface area contributed by atoms with Crippen molar-refractivity contribution in [3.63, 3.8) is 0 Å². The molecule has 0 saturated carbocycles. The highest BCUT2D eigenvalue weighted by Gasteiger charge is 2.26. The molecule has 3 N–H and O–H groups in total. The molecule has 1 atom stereocenters. The lowest BCUT2D eigenvalue weighted by Gasteiger charge is -2.16. The first-order valence-corrected chi connectivity index (χ1v) is 8.78. The van der Waals surface area contributed by atoms with Crippen LogP contribution in [0.5, 0.6) is 5.75 Å². The zero-order chi connectivity index (χ0) is 19.6. The van der Waals surface area contributed by atoms with Crippen molar-refractivity contribution in [1.29, 1.82) is 0 Å². The summed E-state index contributed by atoms with van der Waals surface area (Å²) in [6.45, 7) is 4.79. The molecule has 0 aliphatic carbocycles. The Morgan fingerprint density at radius 3 is 2.63 bits per heavy atom. The van der Waals surface area contributed by atoms with Crippen molar-refractivity contribution in [3.05, 3.63) is 42.2 Å². The zero-order valence-electron chi connectivity index (χ0n) is 15.5. The molecule has 0 bridgehead atoms. The molecule has 0 saturated heterocycles. The van der Waals surface area contributed by atoms with Crippen LogP contribution in [0.4, 0.5) is 0 Å². The fourth-order valence-electron chi connectivity index (χ4n) is 2.49.